The van der Waals surface area contributed by atoms with Crippen LogP contribution in [-0.4, -0.2) is 98.8 Å². The van der Waals surface area contributed by atoms with Gasteiger partial charge in [-0.3, -0.25) is 24.0 Å². The van der Waals surface area contributed by atoms with Crippen LogP contribution in [0.4, 0.5) is 0 Å². The molecule has 3 fully saturated rings. The smallest absolute Gasteiger partial charge is 0.462 e. The first-order valence-corrected chi connectivity index (χ1v) is 25.4. The second-order valence-corrected chi connectivity index (χ2v) is 19.5. The minimum Gasteiger partial charge on any atom is -0.462 e. The van der Waals surface area contributed by atoms with Gasteiger partial charge in [-0.2, -0.15) is 0 Å². The number of nitrogens with one attached hydrogen (secondary N) is 1. The first-order valence-electron chi connectivity index (χ1n) is 25.4. The van der Waals surface area contributed by atoms with Gasteiger partial charge in [0.1, 0.15) is 24.9 Å². The molecule has 16 heteroatoms. The maximum absolute atomic E-state index is 13.1. The number of hydrogen-bond donors (Lipinski definition) is 4. The van der Waals surface area contributed by atoms with Crippen molar-refractivity contribution in [2.45, 2.75) is 180 Å². The predicted octanol–water partition coefficient (Wildman–Crippen LogP) is 6.82. The van der Waals surface area contributed by atoms with E-state index in [2.05, 4.69) is 32.7 Å². The number of carbonyl (C=O) groups is 5. The summed E-state index contributed by atoms with van der Waals surface area (Å²) >= 11 is 0. The molecule has 0 unspecified atom stereocenters. The van der Waals surface area contributed by atoms with Crippen LogP contribution in [0.3, 0.4) is 0 Å². The molecular weight excluding hydrogens is 861 g/mol. The first-order chi connectivity index (χ1) is 32.2. The van der Waals surface area contributed by atoms with Crippen molar-refractivity contribution < 1.29 is 57.2 Å². The maximum Gasteiger partial charge on any atom is 0.484 e. The van der Waals surface area contributed by atoms with Gasteiger partial charge in [-0.15, -0.1) is 0 Å². The summed E-state index contributed by atoms with van der Waals surface area (Å²) in [6, 6.07) is 0. The minimum absolute atomic E-state index is 0.00798. The highest BCUT2D eigenvalue weighted by Crippen LogP contribution is 2.61. The summed E-state index contributed by atoms with van der Waals surface area (Å²) in [4.78, 5) is 74.4. The lowest BCUT2D eigenvalue weighted by atomic mass is 9.48. The van der Waals surface area contributed by atoms with Gasteiger partial charge in [-0.1, -0.05) is 72.0 Å². The van der Waals surface area contributed by atoms with Gasteiger partial charge in [0.25, 0.3) is 0 Å². The van der Waals surface area contributed by atoms with Crippen LogP contribution in [-0.2, 0) is 52.4 Å². The summed E-state index contributed by atoms with van der Waals surface area (Å²) in [5, 5.41) is 3.00. The minimum atomic E-state index is -0.622. The summed E-state index contributed by atoms with van der Waals surface area (Å²) in [5.74, 6) is -1.62. The van der Waals surface area contributed by atoms with Gasteiger partial charge in [0.15, 0.2) is 18.5 Å². The van der Waals surface area contributed by atoms with Crippen LogP contribution in [0, 0.1) is 40.9 Å². The highest BCUT2D eigenvalue weighted by atomic mass is 16.6. The number of ether oxygens (including phenoxy) is 6. The molecule has 3 aliphatic rings. The third kappa shape index (κ3) is 19.9. The lowest BCUT2D eigenvalue weighted by molar-refractivity contribution is -0.168. The fourth-order valence-corrected chi connectivity index (χ4v) is 10.8. The monoisotopic (exact) mass is 948 g/mol. The molecule has 67 heavy (non-hydrogen) atoms. The maximum atomic E-state index is 13.1. The molecule has 382 valence electrons. The van der Waals surface area contributed by atoms with E-state index in [1.807, 2.05) is 0 Å². The average Bonchev–Trinajstić information content (AvgIpc) is 3.78. The summed E-state index contributed by atoms with van der Waals surface area (Å²) in [6.07, 6.45) is 16.5. The zero-order valence-corrected chi connectivity index (χ0v) is 41.3. The Hall–Kier alpha value is -3.86. The molecule has 0 aromatic rings. The van der Waals surface area contributed by atoms with Gasteiger partial charge in [0.2, 0.25) is 0 Å². The van der Waals surface area contributed by atoms with Crippen LogP contribution < -0.4 is 22.5 Å². The highest BCUT2D eigenvalue weighted by Gasteiger charge is 2.59. The van der Waals surface area contributed by atoms with E-state index in [1.54, 1.807) is 13.1 Å². The number of esters is 6. The Morgan fingerprint density at radius 1 is 0.806 bits per heavy atom. The van der Waals surface area contributed by atoms with E-state index < -0.39 is 24.0 Å². The van der Waals surface area contributed by atoms with E-state index in [0.717, 1.165) is 51.2 Å². The van der Waals surface area contributed by atoms with Gasteiger partial charge in [0.05, 0.1) is 19.3 Å². The van der Waals surface area contributed by atoms with Crippen molar-refractivity contribution in [3.8, 4) is 0 Å². The van der Waals surface area contributed by atoms with E-state index in [0.29, 0.717) is 51.0 Å². The van der Waals surface area contributed by atoms with Crippen LogP contribution in [0.2, 0.25) is 0 Å². The highest BCUT2D eigenvalue weighted by molar-refractivity contribution is 5.73. The molecule has 3 aliphatic carbocycles. The van der Waals surface area contributed by atoms with Crippen LogP contribution >= 0.6 is 0 Å². The van der Waals surface area contributed by atoms with Crippen LogP contribution in [0.5, 0.6) is 0 Å². The summed E-state index contributed by atoms with van der Waals surface area (Å²) in [5.41, 5.74) is 16.9. The fourth-order valence-electron chi connectivity index (χ4n) is 10.8. The van der Waals surface area contributed by atoms with E-state index in [4.69, 9.17) is 45.6 Å². The lowest BCUT2D eigenvalue weighted by Gasteiger charge is -2.57. The molecule has 3 saturated carbocycles. The van der Waals surface area contributed by atoms with Crippen LogP contribution in [0.1, 0.15) is 162 Å². The number of rotatable bonds is 32. The molecule has 0 aromatic carbocycles. The SMILES string of the molecule is C=C[C@H](C[C@H]1[C@H]([C@@H]2CC[C@H]([C@H](C)CCC(=O)OC/C(=C/OC(=O)CCCCCCCCC)OC(=O)CCN)C2)[C@H](OC(=[OH+])CCN)C[C@@H]2C[C@H](OC(=O)CCNC)CC[C@@]21C)OC(=O)CCN. The number of hydrogen-bond acceptors (Lipinski definition) is 15. The second-order valence-electron chi connectivity index (χ2n) is 19.5. The zero-order chi connectivity index (χ0) is 49.2. The van der Waals surface area contributed by atoms with E-state index >= 15 is 0 Å². The lowest BCUT2D eigenvalue weighted by Crippen LogP contribution is -2.56. The first kappa shape index (κ1) is 57.5. The summed E-state index contributed by atoms with van der Waals surface area (Å²) in [7, 11) is 1.80. The molecule has 0 spiro atoms. The van der Waals surface area contributed by atoms with Gasteiger partial charge >= 0.3 is 35.8 Å². The van der Waals surface area contributed by atoms with Crippen molar-refractivity contribution in [1.82, 2.24) is 5.32 Å². The molecule has 0 heterocycles. The van der Waals surface area contributed by atoms with Crippen LogP contribution in [0.15, 0.2) is 24.7 Å². The normalized spacial score (nSPS) is 25.8. The molecule has 0 aliphatic heterocycles. The number of fused-ring (bicyclic) bond motifs is 1. The number of nitrogens with two attached hydrogens (primary N) is 3. The quantitative estimate of drug-likeness (QED) is 0.0135. The average molecular weight is 948 g/mol. The van der Waals surface area contributed by atoms with Crippen molar-refractivity contribution in [2.75, 3.05) is 39.8 Å². The number of carbonyl (C=O) groups excluding carboxylic acids is 6. The van der Waals surface area contributed by atoms with E-state index in [-0.39, 0.29) is 136 Å². The topological polar surface area (TPSA) is 252 Å². The Morgan fingerprint density at radius 3 is 2.19 bits per heavy atom. The van der Waals surface area contributed by atoms with E-state index in [9.17, 15) is 28.8 Å². The predicted molar refractivity (Wildman–Crippen MR) is 256 cm³/mol. The molecule has 3 rings (SSSR count). The molecule has 0 aromatic heterocycles. The van der Waals surface area contributed by atoms with Crippen molar-refractivity contribution in [3.63, 3.8) is 0 Å². The Kier molecular flexibility index (Phi) is 26.8. The summed E-state index contributed by atoms with van der Waals surface area (Å²) in [6.45, 7) is 11.3. The number of unbranched alkanes of at least 4 members (excludes halogenated alkanes) is 6. The Morgan fingerprint density at radius 2 is 1.51 bits per heavy atom. The molecule has 16 nitrogen and oxygen atoms in total. The largest absolute Gasteiger partial charge is 0.484 e. The molecule has 0 radical (unpaired) electrons. The standard InChI is InChI=1S/C51H86N4O12/c1-6-8-9-10-11-12-13-14-44(56)62-33-41(66-47(59)21-26-53)34-63-45(57)18-15-35(3)36-16-17-37(29-36)50-42(32-39(7-2)64-46(58)20-25-52)51(4)24-19-40(65-49(61)23-28-55-5)30-38(51)31-43(50)67-48(60)22-27-54/h7,33,35-40,42-43,50,55H,2,6,8-32,34,52-54H2,1,3-5H3/p+1/b41-33-/t35-,36+,37-,38+,39-,40-,42+,43-,50+,51+/m1/s1. The molecule has 0 bridgehead atoms. The Bertz CT molecular complexity index is 1590. The zero-order valence-electron chi connectivity index (χ0n) is 41.3. The molecular formula is C51H87N4O12+. The molecule has 10 atom stereocenters. The second kappa shape index (κ2) is 31.3. The third-order valence-corrected chi connectivity index (χ3v) is 14.6. The third-order valence-electron chi connectivity index (χ3n) is 14.6. The van der Waals surface area contributed by atoms with Crippen molar-refractivity contribution >= 4 is 35.8 Å². The van der Waals surface area contributed by atoms with Gasteiger partial charge in [-0.05, 0) is 99.8 Å². The summed E-state index contributed by atoms with van der Waals surface area (Å²) < 4.78 is 34.6. The Balaban J connectivity index is 1.73. The van der Waals surface area contributed by atoms with Crippen molar-refractivity contribution in [2.24, 2.45) is 58.1 Å². The van der Waals surface area contributed by atoms with Gasteiger partial charge < -0.3 is 55.7 Å². The van der Waals surface area contributed by atoms with E-state index in [1.165, 1.54) is 19.3 Å². The fraction of sp³-hybridized carbons (Fsp3) is 0.804. The molecule has 8 N–H and O–H groups in total. The van der Waals surface area contributed by atoms with Gasteiger partial charge in [0, 0.05) is 51.4 Å². The van der Waals surface area contributed by atoms with Crippen LogP contribution in [0.25, 0.3) is 0 Å². The Labute approximate surface area is 400 Å². The van der Waals surface area contributed by atoms with Crippen molar-refractivity contribution in [3.05, 3.63) is 24.7 Å². The van der Waals surface area contributed by atoms with Crippen molar-refractivity contribution in [1.29, 1.82) is 0 Å². The molecule has 0 saturated heterocycles. The van der Waals surface area contributed by atoms with Gasteiger partial charge in [-0.25, -0.2) is 0 Å². The molecule has 0 amide bonds.